The fourth-order valence-electron chi connectivity index (χ4n) is 2.14. The summed E-state index contributed by atoms with van der Waals surface area (Å²) in [7, 11) is 0. The molecule has 0 amide bonds. The molecule has 20 heavy (non-hydrogen) atoms. The molecule has 1 atom stereocenters. The van der Waals surface area contributed by atoms with Gasteiger partial charge < -0.3 is 10.6 Å². The van der Waals surface area contributed by atoms with Gasteiger partial charge in [0.05, 0.1) is 0 Å². The predicted octanol–water partition coefficient (Wildman–Crippen LogP) is 4.01. The largest absolute Gasteiger partial charge is 0.405 e. The van der Waals surface area contributed by atoms with Crippen LogP contribution in [0.15, 0.2) is 18.2 Å². The summed E-state index contributed by atoms with van der Waals surface area (Å²) in [5.74, 6) is 0. The van der Waals surface area contributed by atoms with Gasteiger partial charge in [-0.05, 0) is 37.5 Å². The predicted molar refractivity (Wildman–Crippen MR) is 77.4 cm³/mol. The smallest absolute Gasteiger partial charge is 0.362 e. The Morgan fingerprint density at radius 1 is 1.35 bits per heavy atom. The van der Waals surface area contributed by atoms with E-state index in [-0.39, 0.29) is 6.04 Å². The maximum Gasteiger partial charge on any atom is 0.405 e. The molecular weight excluding hydrogens is 289 g/mol. The third-order valence-electron chi connectivity index (χ3n) is 2.82. The van der Waals surface area contributed by atoms with Crippen LogP contribution >= 0.6 is 11.6 Å². The van der Waals surface area contributed by atoms with Gasteiger partial charge in [0.25, 0.3) is 0 Å². The molecule has 1 unspecified atom stereocenters. The maximum atomic E-state index is 12.7. The molecular formula is C14H20ClF3N2. The first-order valence-corrected chi connectivity index (χ1v) is 6.97. The van der Waals surface area contributed by atoms with E-state index in [0.29, 0.717) is 35.7 Å². The lowest BCUT2D eigenvalue weighted by Gasteiger charge is -2.28. The van der Waals surface area contributed by atoms with Crippen LogP contribution in [0.1, 0.15) is 25.8 Å². The summed E-state index contributed by atoms with van der Waals surface area (Å²) in [6.45, 7) is 3.00. The van der Waals surface area contributed by atoms with Gasteiger partial charge in [-0.1, -0.05) is 24.6 Å². The van der Waals surface area contributed by atoms with Crippen molar-refractivity contribution >= 4 is 17.3 Å². The minimum Gasteiger partial charge on any atom is -0.362 e. The van der Waals surface area contributed by atoms with Crippen molar-refractivity contribution in [3.8, 4) is 0 Å². The van der Waals surface area contributed by atoms with Crippen LogP contribution in [0.4, 0.5) is 18.9 Å². The molecule has 1 rings (SSSR count). The number of alkyl halides is 3. The first kappa shape index (κ1) is 17.1. The molecule has 0 radical (unpaired) electrons. The highest BCUT2D eigenvalue weighted by molar-refractivity contribution is 6.31. The molecule has 2 N–H and O–H groups in total. The molecule has 0 aliphatic rings. The van der Waals surface area contributed by atoms with Crippen molar-refractivity contribution in [1.29, 1.82) is 0 Å². The zero-order valence-electron chi connectivity index (χ0n) is 11.7. The average molecular weight is 309 g/mol. The Kier molecular flexibility index (Phi) is 6.14. The molecule has 0 aromatic heterocycles. The van der Waals surface area contributed by atoms with Crippen LogP contribution in [0, 0.1) is 0 Å². The van der Waals surface area contributed by atoms with Crippen LogP contribution in [-0.2, 0) is 6.42 Å². The van der Waals surface area contributed by atoms with Crippen molar-refractivity contribution in [2.75, 3.05) is 18.0 Å². The number of nitrogens with zero attached hydrogens (tertiary/aromatic N) is 1. The molecule has 2 nitrogen and oxygen atoms in total. The highest BCUT2D eigenvalue weighted by Crippen LogP contribution is 2.31. The second kappa shape index (κ2) is 7.18. The van der Waals surface area contributed by atoms with E-state index in [2.05, 4.69) is 0 Å². The van der Waals surface area contributed by atoms with Crippen LogP contribution in [-0.4, -0.2) is 25.3 Å². The van der Waals surface area contributed by atoms with Gasteiger partial charge >= 0.3 is 6.18 Å². The molecule has 0 heterocycles. The third kappa shape index (κ3) is 5.21. The Morgan fingerprint density at radius 2 is 2.00 bits per heavy atom. The van der Waals surface area contributed by atoms with E-state index >= 15 is 0 Å². The highest BCUT2D eigenvalue weighted by Gasteiger charge is 2.31. The summed E-state index contributed by atoms with van der Waals surface area (Å²) in [6.07, 6.45) is -3.17. The Bertz CT molecular complexity index is 433. The third-order valence-corrected chi connectivity index (χ3v) is 3.18. The lowest BCUT2D eigenvalue weighted by molar-refractivity contribution is -0.119. The Morgan fingerprint density at radius 3 is 2.50 bits per heavy atom. The SMILES string of the molecule is CCCN(CC(F)(F)F)c1cccc(Cl)c1CC(C)N. The topological polar surface area (TPSA) is 29.3 Å². The number of rotatable bonds is 6. The second-order valence-electron chi connectivity index (χ2n) is 4.96. The van der Waals surface area contributed by atoms with Crippen molar-refractivity contribution in [2.45, 2.75) is 38.9 Å². The van der Waals surface area contributed by atoms with E-state index in [1.165, 1.54) is 4.90 Å². The molecule has 0 fully saturated rings. The number of hydrogen-bond donors (Lipinski definition) is 1. The molecule has 0 aliphatic carbocycles. The van der Waals surface area contributed by atoms with Crippen molar-refractivity contribution in [3.05, 3.63) is 28.8 Å². The van der Waals surface area contributed by atoms with E-state index in [9.17, 15) is 13.2 Å². The quantitative estimate of drug-likeness (QED) is 0.860. The molecule has 0 saturated heterocycles. The van der Waals surface area contributed by atoms with Gasteiger partial charge in [-0.2, -0.15) is 13.2 Å². The fraction of sp³-hybridized carbons (Fsp3) is 0.571. The first-order valence-electron chi connectivity index (χ1n) is 6.59. The van der Waals surface area contributed by atoms with Crippen LogP contribution in [0.2, 0.25) is 5.02 Å². The number of anilines is 1. The van der Waals surface area contributed by atoms with Crippen LogP contribution in [0.5, 0.6) is 0 Å². The van der Waals surface area contributed by atoms with Gasteiger partial charge in [-0.3, -0.25) is 0 Å². The number of hydrogen-bond acceptors (Lipinski definition) is 2. The molecule has 1 aromatic carbocycles. The minimum absolute atomic E-state index is 0.164. The number of halogens is 4. The van der Waals surface area contributed by atoms with Crippen molar-refractivity contribution in [1.82, 2.24) is 0 Å². The van der Waals surface area contributed by atoms with E-state index in [4.69, 9.17) is 17.3 Å². The summed E-state index contributed by atoms with van der Waals surface area (Å²) in [6, 6.07) is 4.86. The summed E-state index contributed by atoms with van der Waals surface area (Å²) in [4.78, 5) is 1.32. The van der Waals surface area contributed by atoms with Gasteiger partial charge in [-0.15, -0.1) is 0 Å². The minimum atomic E-state index is -4.25. The van der Waals surface area contributed by atoms with Gasteiger partial charge in [-0.25, -0.2) is 0 Å². The molecule has 6 heteroatoms. The summed E-state index contributed by atoms with van der Waals surface area (Å²) in [5, 5.41) is 0.461. The van der Waals surface area contributed by atoms with E-state index in [1.54, 1.807) is 25.1 Å². The number of benzene rings is 1. The van der Waals surface area contributed by atoms with Crippen LogP contribution in [0.25, 0.3) is 0 Å². The molecule has 0 aliphatic heterocycles. The van der Waals surface area contributed by atoms with E-state index < -0.39 is 12.7 Å². The second-order valence-corrected chi connectivity index (χ2v) is 5.36. The Labute approximate surface area is 122 Å². The van der Waals surface area contributed by atoms with Gasteiger partial charge in [0.1, 0.15) is 6.54 Å². The maximum absolute atomic E-state index is 12.7. The lowest BCUT2D eigenvalue weighted by atomic mass is 10.0. The molecule has 0 spiro atoms. The van der Waals surface area contributed by atoms with Gasteiger partial charge in [0.2, 0.25) is 0 Å². The standard InChI is InChI=1S/C14H20ClF3N2/c1-3-7-20(9-14(16,17)18)13-6-4-5-12(15)11(13)8-10(2)19/h4-6,10H,3,7-9,19H2,1-2H3. The van der Waals surface area contributed by atoms with Crippen molar-refractivity contribution in [2.24, 2.45) is 5.73 Å². The Hall–Kier alpha value is -0.940. The van der Waals surface area contributed by atoms with Crippen molar-refractivity contribution in [3.63, 3.8) is 0 Å². The summed E-state index contributed by atoms with van der Waals surface area (Å²) >= 11 is 6.13. The average Bonchev–Trinajstić information content (AvgIpc) is 2.29. The van der Waals surface area contributed by atoms with E-state index in [1.807, 2.05) is 6.92 Å². The Balaban J connectivity index is 3.15. The van der Waals surface area contributed by atoms with Gasteiger partial charge in [0, 0.05) is 23.3 Å². The molecule has 0 bridgehead atoms. The molecule has 0 saturated carbocycles. The zero-order valence-corrected chi connectivity index (χ0v) is 12.4. The monoisotopic (exact) mass is 308 g/mol. The first-order chi connectivity index (χ1) is 9.24. The molecule has 114 valence electrons. The normalized spacial score (nSPS) is 13.3. The summed E-state index contributed by atoms with van der Waals surface area (Å²) < 4.78 is 38.1. The number of nitrogens with two attached hydrogens (primary N) is 1. The van der Waals surface area contributed by atoms with Crippen LogP contribution in [0.3, 0.4) is 0 Å². The zero-order chi connectivity index (χ0) is 15.3. The molecule has 1 aromatic rings. The highest BCUT2D eigenvalue weighted by atomic mass is 35.5. The van der Waals surface area contributed by atoms with Crippen molar-refractivity contribution < 1.29 is 13.2 Å². The lowest BCUT2D eigenvalue weighted by Crippen LogP contribution is -2.36. The van der Waals surface area contributed by atoms with Crippen LogP contribution < -0.4 is 10.6 Å². The fourth-order valence-corrected chi connectivity index (χ4v) is 2.39. The summed E-state index contributed by atoms with van der Waals surface area (Å²) in [5.41, 5.74) is 6.97. The van der Waals surface area contributed by atoms with Gasteiger partial charge in [0.15, 0.2) is 0 Å². The van der Waals surface area contributed by atoms with E-state index in [0.717, 1.165) is 0 Å².